The Kier molecular flexibility index (Phi) is 5.48. The van der Waals surface area contributed by atoms with E-state index in [-0.39, 0.29) is 5.54 Å². The first-order valence-corrected chi connectivity index (χ1v) is 6.88. The van der Waals surface area contributed by atoms with Crippen molar-refractivity contribution >= 4 is 0 Å². The summed E-state index contributed by atoms with van der Waals surface area (Å²) in [5.41, 5.74) is 0.549. The SMILES string of the molecule is CC(CNC(C)(C)C)C(C)Cc1cccc(F)c1F. The molecule has 3 heteroatoms. The lowest BCUT2D eigenvalue weighted by atomic mass is 9.89. The van der Waals surface area contributed by atoms with E-state index in [1.807, 2.05) is 0 Å². The quantitative estimate of drug-likeness (QED) is 0.846. The highest BCUT2D eigenvalue weighted by Crippen LogP contribution is 2.20. The third kappa shape index (κ3) is 5.27. The smallest absolute Gasteiger partial charge is 0.162 e. The van der Waals surface area contributed by atoms with Crippen LogP contribution in [0.15, 0.2) is 18.2 Å². The maximum atomic E-state index is 13.6. The predicted molar refractivity (Wildman–Crippen MR) is 76.1 cm³/mol. The molecule has 0 bridgehead atoms. The Balaban J connectivity index is 2.59. The summed E-state index contributed by atoms with van der Waals surface area (Å²) in [5.74, 6) is -0.761. The Morgan fingerprint density at radius 3 is 2.32 bits per heavy atom. The van der Waals surface area contributed by atoms with Gasteiger partial charge in [0.15, 0.2) is 11.6 Å². The van der Waals surface area contributed by atoms with Crippen LogP contribution in [0.1, 0.15) is 40.2 Å². The van der Waals surface area contributed by atoms with E-state index in [1.165, 1.54) is 0 Å². The van der Waals surface area contributed by atoms with Crippen LogP contribution in [0.5, 0.6) is 0 Å². The van der Waals surface area contributed by atoms with Gasteiger partial charge in [-0.2, -0.15) is 0 Å². The van der Waals surface area contributed by atoms with Gasteiger partial charge in [0, 0.05) is 5.54 Å². The summed E-state index contributed by atoms with van der Waals surface area (Å²) >= 11 is 0. The Hall–Kier alpha value is -0.960. The lowest BCUT2D eigenvalue weighted by Crippen LogP contribution is -2.40. The minimum Gasteiger partial charge on any atom is -0.312 e. The highest BCUT2D eigenvalue weighted by molar-refractivity contribution is 5.19. The van der Waals surface area contributed by atoms with Crippen molar-refractivity contribution in [3.8, 4) is 0 Å². The monoisotopic (exact) mass is 269 g/mol. The average molecular weight is 269 g/mol. The summed E-state index contributed by atoms with van der Waals surface area (Å²) in [7, 11) is 0. The minimum absolute atomic E-state index is 0.0814. The first-order valence-electron chi connectivity index (χ1n) is 6.88. The molecule has 0 amide bonds. The largest absolute Gasteiger partial charge is 0.312 e. The fourth-order valence-corrected chi connectivity index (χ4v) is 1.92. The summed E-state index contributed by atoms with van der Waals surface area (Å²) in [5, 5.41) is 3.45. The molecule has 0 aliphatic carbocycles. The molecule has 2 atom stereocenters. The fraction of sp³-hybridized carbons (Fsp3) is 0.625. The van der Waals surface area contributed by atoms with Gasteiger partial charge in [-0.15, -0.1) is 0 Å². The third-order valence-corrected chi connectivity index (χ3v) is 3.50. The van der Waals surface area contributed by atoms with E-state index >= 15 is 0 Å². The predicted octanol–water partition coefficient (Wildman–Crippen LogP) is 4.17. The molecule has 0 saturated carbocycles. The summed E-state index contributed by atoms with van der Waals surface area (Å²) < 4.78 is 26.8. The summed E-state index contributed by atoms with van der Waals surface area (Å²) in [4.78, 5) is 0. The van der Waals surface area contributed by atoms with Gasteiger partial charge in [-0.05, 0) is 57.2 Å². The number of halogens is 2. The number of benzene rings is 1. The molecular formula is C16H25F2N. The molecule has 0 fully saturated rings. The van der Waals surface area contributed by atoms with Gasteiger partial charge in [-0.25, -0.2) is 8.78 Å². The van der Waals surface area contributed by atoms with Crippen LogP contribution < -0.4 is 5.32 Å². The molecule has 0 aliphatic rings. The van der Waals surface area contributed by atoms with Crippen LogP contribution in [0.2, 0.25) is 0 Å². The van der Waals surface area contributed by atoms with Gasteiger partial charge in [-0.1, -0.05) is 26.0 Å². The maximum Gasteiger partial charge on any atom is 0.162 e. The van der Waals surface area contributed by atoms with Crippen molar-refractivity contribution in [1.29, 1.82) is 0 Å². The van der Waals surface area contributed by atoms with E-state index in [0.29, 0.717) is 23.8 Å². The van der Waals surface area contributed by atoms with Gasteiger partial charge >= 0.3 is 0 Å². The van der Waals surface area contributed by atoms with Crippen LogP contribution in [0, 0.1) is 23.5 Å². The number of rotatable bonds is 5. The van der Waals surface area contributed by atoms with Crippen molar-refractivity contribution in [3.63, 3.8) is 0 Å². The molecule has 2 unspecified atom stereocenters. The molecule has 108 valence electrons. The standard InChI is InChI=1S/C16H25F2N/c1-11(12(2)10-19-16(3,4)5)9-13-7-6-8-14(17)15(13)18/h6-8,11-12,19H,9-10H2,1-5H3. The Morgan fingerprint density at radius 2 is 1.74 bits per heavy atom. The van der Waals surface area contributed by atoms with E-state index in [9.17, 15) is 8.78 Å². The molecule has 0 saturated heterocycles. The van der Waals surface area contributed by atoms with Gasteiger partial charge in [0.05, 0.1) is 0 Å². The van der Waals surface area contributed by atoms with Crippen molar-refractivity contribution in [2.45, 2.75) is 46.6 Å². The lowest BCUT2D eigenvalue weighted by molar-refractivity contribution is 0.315. The van der Waals surface area contributed by atoms with Crippen molar-refractivity contribution < 1.29 is 8.78 Å². The van der Waals surface area contributed by atoms with Crippen LogP contribution >= 0.6 is 0 Å². The Labute approximate surface area is 115 Å². The van der Waals surface area contributed by atoms with Gasteiger partial charge < -0.3 is 5.32 Å². The molecule has 1 aromatic rings. The number of nitrogens with one attached hydrogen (secondary N) is 1. The molecule has 0 radical (unpaired) electrons. The summed E-state index contributed by atoms with van der Waals surface area (Å²) in [6, 6.07) is 4.39. The second-order valence-electron chi connectivity index (χ2n) is 6.50. The first-order chi connectivity index (χ1) is 8.70. The minimum atomic E-state index is -0.759. The Bertz CT molecular complexity index is 410. The number of hydrogen-bond acceptors (Lipinski definition) is 1. The van der Waals surface area contributed by atoms with Gasteiger partial charge in [-0.3, -0.25) is 0 Å². The second-order valence-corrected chi connectivity index (χ2v) is 6.50. The first kappa shape index (κ1) is 16.1. The molecular weight excluding hydrogens is 244 g/mol. The van der Waals surface area contributed by atoms with Crippen LogP contribution in [0.3, 0.4) is 0 Å². The highest BCUT2D eigenvalue weighted by Gasteiger charge is 2.18. The zero-order chi connectivity index (χ0) is 14.6. The van der Waals surface area contributed by atoms with Crippen LogP contribution in [0.25, 0.3) is 0 Å². The van der Waals surface area contributed by atoms with E-state index in [1.54, 1.807) is 12.1 Å². The third-order valence-electron chi connectivity index (χ3n) is 3.50. The lowest BCUT2D eigenvalue weighted by Gasteiger charge is -2.26. The highest BCUT2D eigenvalue weighted by atomic mass is 19.2. The summed E-state index contributed by atoms with van der Waals surface area (Å²) in [6.07, 6.45) is 0.566. The zero-order valence-corrected chi connectivity index (χ0v) is 12.6. The van der Waals surface area contributed by atoms with E-state index in [4.69, 9.17) is 0 Å². The van der Waals surface area contributed by atoms with E-state index < -0.39 is 11.6 Å². The van der Waals surface area contributed by atoms with E-state index in [2.05, 4.69) is 39.9 Å². The molecule has 1 N–H and O–H groups in total. The van der Waals surface area contributed by atoms with Crippen LogP contribution in [-0.4, -0.2) is 12.1 Å². The van der Waals surface area contributed by atoms with Gasteiger partial charge in [0.1, 0.15) is 0 Å². The molecule has 0 heterocycles. The molecule has 1 rings (SSSR count). The maximum absolute atomic E-state index is 13.6. The van der Waals surface area contributed by atoms with E-state index in [0.717, 1.165) is 12.6 Å². The number of hydrogen-bond donors (Lipinski definition) is 1. The van der Waals surface area contributed by atoms with Crippen molar-refractivity contribution in [2.24, 2.45) is 11.8 Å². The molecule has 0 aliphatic heterocycles. The topological polar surface area (TPSA) is 12.0 Å². The van der Waals surface area contributed by atoms with Gasteiger partial charge in [0.2, 0.25) is 0 Å². The van der Waals surface area contributed by atoms with Crippen LogP contribution in [-0.2, 0) is 6.42 Å². The molecule has 0 spiro atoms. The molecule has 19 heavy (non-hydrogen) atoms. The van der Waals surface area contributed by atoms with Crippen molar-refractivity contribution in [1.82, 2.24) is 5.32 Å². The second kappa shape index (κ2) is 6.47. The fourth-order valence-electron chi connectivity index (χ4n) is 1.92. The van der Waals surface area contributed by atoms with Gasteiger partial charge in [0.25, 0.3) is 0 Å². The van der Waals surface area contributed by atoms with Crippen LogP contribution in [0.4, 0.5) is 8.78 Å². The van der Waals surface area contributed by atoms with Crippen molar-refractivity contribution in [3.05, 3.63) is 35.4 Å². The molecule has 1 nitrogen and oxygen atoms in total. The molecule has 0 aromatic heterocycles. The summed E-state index contributed by atoms with van der Waals surface area (Å²) in [6.45, 7) is 11.5. The Morgan fingerprint density at radius 1 is 1.11 bits per heavy atom. The molecule has 1 aromatic carbocycles. The zero-order valence-electron chi connectivity index (χ0n) is 12.6. The average Bonchev–Trinajstić information content (AvgIpc) is 2.31. The normalized spacial score (nSPS) is 15.3. The van der Waals surface area contributed by atoms with Crippen molar-refractivity contribution in [2.75, 3.05) is 6.54 Å².